The predicted molar refractivity (Wildman–Crippen MR) is 112 cm³/mol. The Labute approximate surface area is 169 Å². The number of benzene rings is 1. The maximum Gasteiger partial charge on any atom is 0.200 e. The van der Waals surface area contributed by atoms with Crippen molar-refractivity contribution in [3.63, 3.8) is 0 Å². The first kappa shape index (κ1) is 19.0. The average Bonchev–Trinajstić information content (AvgIpc) is 3.19. The third-order valence-corrected chi connectivity index (χ3v) is 5.52. The molecule has 3 heterocycles. The molecule has 148 valence electrons. The second kappa shape index (κ2) is 7.22. The van der Waals surface area contributed by atoms with Crippen LogP contribution in [0.4, 0.5) is 5.82 Å². The number of hydrogen-bond donors (Lipinski definition) is 1. The van der Waals surface area contributed by atoms with Crippen LogP contribution in [0, 0.1) is 12.8 Å². The van der Waals surface area contributed by atoms with Crippen molar-refractivity contribution in [2.24, 2.45) is 13.0 Å². The van der Waals surface area contributed by atoms with E-state index in [1.807, 2.05) is 30.8 Å². The molecule has 7 nitrogen and oxygen atoms in total. The normalized spacial score (nSPS) is 17.2. The molecule has 2 aromatic heterocycles. The molecule has 0 aliphatic carbocycles. The Kier molecular flexibility index (Phi) is 4.89. The van der Waals surface area contributed by atoms with Crippen molar-refractivity contribution in [1.29, 1.82) is 0 Å². The van der Waals surface area contributed by atoms with E-state index < -0.39 is 0 Å². The van der Waals surface area contributed by atoms with E-state index in [0.29, 0.717) is 33.6 Å². The van der Waals surface area contributed by atoms with Gasteiger partial charge in [0.1, 0.15) is 17.4 Å². The van der Waals surface area contributed by atoms with Crippen LogP contribution >= 0.6 is 11.6 Å². The number of aromatic nitrogens is 4. The predicted octanol–water partition coefficient (Wildman–Crippen LogP) is 3.09. The molecule has 4 rings (SSSR count). The van der Waals surface area contributed by atoms with Crippen molar-refractivity contribution in [3.8, 4) is 17.1 Å². The van der Waals surface area contributed by atoms with Gasteiger partial charge in [0.15, 0.2) is 11.3 Å². The molecule has 0 radical (unpaired) electrons. The monoisotopic (exact) mass is 400 g/mol. The van der Waals surface area contributed by atoms with Gasteiger partial charge >= 0.3 is 0 Å². The van der Waals surface area contributed by atoms with E-state index in [-0.39, 0.29) is 5.75 Å². The minimum atomic E-state index is 0.106. The summed E-state index contributed by atoms with van der Waals surface area (Å²) in [6, 6.07) is 3.35. The Hall–Kier alpha value is -2.38. The van der Waals surface area contributed by atoms with E-state index in [1.165, 1.54) is 6.07 Å². The number of aromatic hydroxyl groups is 1. The molecule has 1 N–H and O–H groups in total. The summed E-state index contributed by atoms with van der Waals surface area (Å²) in [5.74, 6) is 2.23. The maximum absolute atomic E-state index is 10.4. The topological polar surface area (TPSA) is 70.3 Å². The molecule has 3 aromatic rings. The fourth-order valence-corrected chi connectivity index (χ4v) is 4.32. The molecule has 1 aliphatic heterocycles. The Morgan fingerprint density at radius 1 is 1.29 bits per heavy atom. The van der Waals surface area contributed by atoms with Crippen molar-refractivity contribution in [2.75, 3.05) is 38.6 Å². The van der Waals surface area contributed by atoms with Crippen LogP contribution in [0.3, 0.4) is 0 Å². The lowest BCUT2D eigenvalue weighted by molar-refractivity contribution is 0.340. The van der Waals surface area contributed by atoms with Gasteiger partial charge in [0.2, 0.25) is 0 Å². The van der Waals surface area contributed by atoms with Gasteiger partial charge in [0.25, 0.3) is 0 Å². The number of phenolic OH excluding ortho intramolecular Hbond substituents is 1. The summed E-state index contributed by atoms with van der Waals surface area (Å²) in [4.78, 5) is 18.6. The largest absolute Gasteiger partial charge is 0.507 e. The van der Waals surface area contributed by atoms with E-state index in [1.54, 1.807) is 0 Å². The van der Waals surface area contributed by atoms with Crippen LogP contribution in [0.1, 0.15) is 12.0 Å². The number of anilines is 1. The third kappa shape index (κ3) is 3.40. The number of hydrogen-bond acceptors (Lipinski definition) is 6. The average molecular weight is 401 g/mol. The maximum atomic E-state index is 10.4. The fourth-order valence-electron chi connectivity index (χ4n) is 4.05. The van der Waals surface area contributed by atoms with E-state index in [9.17, 15) is 5.11 Å². The zero-order valence-electron chi connectivity index (χ0n) is 16.6. The second-order valence-corrected chi connectivity index (χ2v) is 8.29. The van der Waals surface area contributed by atoms with Gasteiger partial charge in [-0.1, -0.05) is 11.6 Å². The van der Waals surface area contributed by atoms with Crippen LogP contribution in [-0.4, -0.2) is 63.3 Å². The summed E-state index contributed by atoms with van der Waals surface area (Å²) in [5.41, 5.74) is 2.78. The molecular weight excluding hydrogens is 376 g/mol. The molecule has 0 amide bonds. The number of halogens is 1. The summed E-state index contributed by atoms with van der Waals surface area (Å²) in [6.45, 7) is 4.95. The van der Waals surface area contributed by atoms with Crippen molar-refractivity contribution in [3.05, 3.63) is 28.9 Å². The van der Waals surface area contributed by atoms with E-state index in [2.05, 4.69) is 33.9 Å². The van der Waals surface area contributed by atoms with Gasteiger partial charge in [0, 0.05) is 31.7 Å². The van der Waals surface area contributed by atoms with Crippen LogP contribution in [-0.2, 0) is 7.05 Å². The van der Waals surface area contributed by atoms with E-state index in [0.717, 1.165) is 37.4 Å². The van der Waals surface area contributed by atoms with Gasteiger partial charge in [-0.05, 0) is 51.1 Å². The van der Waals surface area contributed by atoms with Crippen molar-refractivity contribution < 1.29 is 5.11 Å². The van der Waals surface area contributed by atoms with Gasteiger partial charge in [-0.3, -0.25) is 0 Å². The highest BCUT2D eigenvalue weighted by Gasteiger charge is 2.25. The van der Waals surface area contributed by atoms with Gasteiger partial charge in [-0.25, -0.2) is 15.0 Å². The Morgan fingerprint density at radius 2 is 2.07 bits per heavy atom. The molecule has 1 fully saturated rings. The quantitative estimate of drug-likeness (QED) is 0.725. The zero-order valence-corrected chi connectivity index (χ0v) is 17.4. The molecule has 1 aromatic carbocycles. The number of aryl methyl sites for hydroxylation is 2. The first-order valence-electron chi connectivity index (χ1n) is 9.42. The molecule has 28 heavy (non-hydrogen) atoms. The van der Waals surface area contributed by atoms with Crippen LogP contribution < -0.4 is 4.90 Å². The van der Waals surface area contributed by atoms with Crippen molar-refractivity contribution >= 4 is 28.7 Å². The summed E-state index contributed by atoms with van der Waals surface area (Å²) < 4.78 is 1.86. The van der Waals surface area contributed by atoms with Crippen LogP contribution in [0.5, 0.6) is 5.75 Å². The highest BCUT2D eigenvalue weighted by atomic mass is 35.5. The lowest BCUT2D eigenvalue weighted by Gasteiger charge is -2.18. The van der Waals surface area contributed by atoms with Crippen LogP contribution in [0.15, 0.2) is 18.3 Å². The summed E-state index contributed by atoms with van der Waals surface area (Å²) >= 11 is 6.04. The molecule has 1 unspecified atom stereocenters. The van der Waals surface area contributed by atoms with Gasteiger partial charge < -0.3 is 19.5 Å². The highest BCUT2D eigenvalue weighted by Crippen LogP contribution is 2.35. The SMILES string of the molecule is Cc1cc(Cl)cc(O)c1-c1nc2nc(N3CCC(CN(C)C)C3)cnc2n1C. The lowest BCUT2D eigenvalue weighted by Crippen LogP contribution is -2.26. The van der Waals surface area contributed by atoms with Gasteiger partial charge in [0.05, 0.1) is 11.8 Å². The first-order chi connectivity index (χ1) is 13.3. The Morgan fingerprint density at radius 3 is 2.79 bits per heavy atom. The molecule has 1 saturated heterocycles. The summed E-state index contributed by atoms with van der Waals surface area (Å²) in [5, 5.41) is 10.9. The number of fused-ring (bicyclic) bond motifs is 1. The third-order valence-electron chi connectivity index (χ3n) is 5.31. The molecule has 1 aliphatic rings. The highest BCUT2D eigenvalue weighted by molar-refractivity contribution is 6.31. The minimum Gasteiger partial charge on any atom is -0.507 e. The minimum absolute atomic E-state index is 0.106. The van der Waals surface area contributed by atoms with Crippen molar-refractivity contribution in [2.45, 2.75) is 13.3 Å². The van der Waals surface area contributed by atoms with E-state index >= 15 is 0 Å². The molecule has 0 spiro atoms. The fraction of sp³-hybridized carbons (Fsp3) is 0.450. The zero-order chi connectivity index (χ0) is 20.0. The first-order valence-corrected chi connectivity index (χ1v) is 9.80. The standard InChI is InChI=1S/C20H25ClN6O/c1-12-7-14(21)8-15(28)17(12)19-24-18-20(26(19)4)22-9-16(23-18)27-6-5-13(11-27)10-25(2)3/h7-9,13,28H,5-6,10-11H2,1-4H3. The molecule has 8 heteroatoms. The second-order valence-electron chi connectivity index (χ2n) is 7.85. The number of rotatable bonds is 4. The van der Waals surface area contributed by atoms with E-state index in [4.69, 9.17) is 16.6 Å². The van der Waals surface area contributed by atoms with Crippen LogP contribution in [0.2, 0.25) is 5.02 Å². The molecule has 1 atom stereocenters. The lowest BCUT2D eigenvalue weighted by atomic mass is 10.1. The molecular formula is C20H25ClN6O. The van der Waals surface area contributed by atoms with Gasteiger partial charge in [-0.2, -0.15) is 0 Å². The number of imidazole rings is 1. The Bertz CT molecular complexity index is 1010. The molecule has 0 saturated carbocycles. The summed E-state index contributed by atoms with van der Waals surface area (Å²) in [6.07, 6.45) is 2.98. The van der Waals surface area contributed by atoms with Crippen LogP contribution in [0.25, 0.3) is 22.7 Å². The molecule has 0 bridgehead atoms. The number of nitrogens with zero attached hydrogens (tertiary/aromatic N) is 6. The Balaban J connectivity index is 1.69. The van der Waals surface area contributed by atoms with Crippen molar-refractivity contribution in [1.82, 2.24) is 24.4 Å². The number of phenols is 1. The smallest absolute Gasteiger partial charge is 0.200 e. The van der Waals surface area contributed by atoms with Gasteiger partial charge in [-0.15, -0.1) is 0 Å². The summed E-state index contributed by atoms with van der Waals surface area (Å²) in [7, 11) is 6.10.